The Bertz CT molecular complexity index is 524. The maximum Gasteiger partial charge on any atom is 0.139 e. The van der Waals surface area contributed by atoms with Crippen LogP contribution in [0, 0.1) is 6.92 Å². The van der Waals surface area contributed by atoms with Crippen molar-refractivity contribution in [3.63, 3.8) is 0 Å². The number of hydrogen-bond acceptors (Lipinski definition) is 4. The van der Waals surface area contributed by atoms with Crippen molar-refractivity contribution in [2.45, 2.75) is 26.0 Å². The van der Waals surface area contributed by atoms with E-state index < -0.39 is 6.10 Å². The van der Waals surface area contributed by atoms with E-state index in [2.05, 4.69) is 27.7 Å². The van der Waals surface area contributed by atoms with Crippen molar-refractivity contribution in [1.29, 1.82) is 0 Å². The van der Waals surface area contributed by atoms with Crippen molar-refractivity contribution < 1.29 is 9.84 Å². The minimum Gasteiger partial charge on any atom is -0.391 e. The van der Waals surface area contributed by atoms with Crippen molar-refractivity contribution in [2.75, 3.05) is 20.3 Å². The number of aliphatic hydroxyl groups is 1. The summed E-state index contributed by atoms with van der Waals surface area (Å²) in [7, 11) is 1.59. The van der Waals surface area contributed by atoms with Gasteiger partial charge in [0, 0.05) is 19.9 Å². The molecule has 0 aliphatic carbocycles. The molecule has 5 heteroatoms. The van der Waals surface area contributed by atoms with Crippen LogP contribution in [0.5, 0.6) is 0 Å². The van der Waals surface area contributed by atoms with Crippen molar-refractivity contribution >= 4 is 5.65 Å². The number of aryl methyl sites for hydroxylation is 1. The van der Waals surface area contributed by atoms with Crippen LogP contribution in [0.15, 0.2) is 24.5 Å². The van der Waals surface area contributed by atoms with Crippen molar-refractivity contribution in [3.8, 4) is 0 Å². The Morgan fingerprint density at radius 2 is 2.37 bits per heavy atom. The molecule has 1 atom stereocenters. The van der Waals surface area contributed by atoms with Crippen LogP contribution in [0.4, 0.5) is 0 Å². The van der Waals surface area contributed by atoms with Crippen LogP contribution in [0.1, 0.15) is 17.7 Å². The average Bonchev–Trinajstić information content (AvgIpc) is 2.80. The Morgan fingerprint density at radius 1 is 1.53 bits per heavy atom. The summed E-state index contributed by atoms with van der Waals surface area (Å²) in [6.07, 6.45) is 4.19. The second-order valence-corrected chi connectivity index (χ2v) is 4.71. The maximum absolute atomic E-state index is 9.53. The van der Waals surface area contributed by atoms with Gasteiger partial charge in [-0.3, -0.25) is 0 Å². The summed E-state index contributed by atoms with van der Waals surface area (Å²) in [5.74, 6) is 0. The van der Waals surface area contributed by atoms with Crippen LogP contribution in [0.25, 0.3) is 5.65 Å². The molecule has 0 radical (unpaired) electrons. The molecule has 1 unspecified atom stereocenters. The van der Waals surface area contributed by atoms with Crippen LogP contribution in [0.2, 0.25) is 0 Å². The number of methoxy groups -OCH3 is 1. The first-order chi connectivity index (χ1) is 9.22. The van der Waals surface area contributed by atoms with E-state index in [0.29, 0.717) is 13.0 Å². The van der Waals surface area contributed by atoms with Gasteiger partial charge in [0.15, 0.2) is 0 Å². The third kappa shape index (κ3) is 3.53. The zero-order valence-electron chi connectivity index (χ0n) is 11.5. The van der Waals surface area contributed by atoms with Crippen LogP contribution in [-0.4, -0.2) is 40.9 Å². The lowest BCUT2D eigenvalue weighted by Crippen LogP contribution is -2.23. The minimum atomic E-state index is -0.401. The third-order valence-electron chi connectivity index (χ3n) is 3.13. The van der Waals surface area contributed by atoms with Gasteiger partial charge in [0.25, 0.3) is 0 Å². The standard InChI is InChI=1S/C14H21N3O2/c1-11-4-3-7-17-12(9-16-14(11)17)8-15-6-5-13(18)10-19-2/h3-4,7,9,13,15,18H,5-6,8,10H2,1-2H3. The predicted molar refractivity (Wildman–Crippen MR) is 74.1 cm³/mol. The number of rotatable bonds is 7. The minimum absolute atomic E-state index is 0.385. The Kier molecular flexibility index (Phi) is 4.90. The lowest BCUT2D eigenvalue weighted by Gasteiger charge is -2.10. The number of fused-ring (bicyclic) bond motifs is 1. The van der Waals surface area contributed by atoms with Crippen molar-refractivity contribution in [3.05, 3.63) is 35.8 Å². The maximum atomic E-state index is 9.53. The average molecular weight is 263 g/mol. The van der Waals surface area contributed by atoms with Gasteiger partial charge >= 0.3 is 0 Å². The van der Waals surface area contributed by atoms with Crippen molar-refractivity contribution in [1.82, 2.24) is 14.7 Å². The highest BCUT2D eigenvalue weighted by Crippen LogP contribution is 2.10. The van der Waals surface area contributed by atoms with Gasteiger partial charge in [-0.25, -0.2) is 4.98 Å². The molecule has 0 bridgehead atoms. The molecule has 2 aromatic heterocycles. The van der Waals surface area contributed by atoms with E-state index >= 15 is 0 Å². The van der Waals surface area contributed by atoms with Gasteiger partial charge in [0.1, 0.15) is 5.65 Å². The summed E-state index contributed by atoms with van der Waals surface area (Å²) in [6, 6.07) is 4.08. The largest absolute Gasteiger partial charge is 0.391 e. The number of imidazole rings is 1. The van der Waals surface area contributed by atoms with Crippen LogP contribution in [0.3, 0.4) is 0 Å². The topological polar surface area (TPSA) is 58.8 Å². The Morgan fingerprint density at radius 3 is 3.16 bits per heavy atom. The summed E-state index contributed by atoms with van der Waals surface area (Å²) in [5, 5.41) is 12.8. The van der Waals surface area contributed by atoms with Gasteiger partial charge in [-0.15, -0.1) is 0 Å². The smallest absolute Gasteiger partial charge is 0.139 e. The molecule has 0 aliphatic rings. The molecule has 104 valence electrons. The quantitative estimate of drug-likeness (QED) is 0.735. The van der Waals surface area contributed by atoms with Gasteiger partial charge in [-0.05, 0) is 31.5 Å². The highest BCUT2D eigenvalue weighted by molar-refractivity contribution is 5.48. The van der Waals surface area contributed by atoms with Gasteiger partial charge in [0.05, 0.1) is 24.6 Å². The van der Waals surface area contributed by atoms with E-state index in [-0.39, 0.29) is 0 Å². The van der Waals surface area contributed by atoms with E-state index in [9.17, 15) is 5.11 Å². The number of nitrogens with zero attached hydrogens (tertiary/aromatic N) is 2. The molecule has 2 N–H and O–H groups in total. The second-order valence-electron chi connectivity index (χ2n) is 4.71. The molecular formula is C14H21N3O2. The van der Waals surface area contributed by atoms with Gasteiger partial charge in [-0.1, -0.05) is 6.07 Å². The molecule has 2 aromatic rings. The lowest BCUT2D eigenvalue weighted by atomic mass is 10.2. The normalized spacial score (nSPS) is 13.0. The zero-order chi connectivity index (χ0) is 13.7. The molecule has 5 nitrogen and oxygen atoms in total. The molecule has 0 aromatic carbocycles. The van der Waals surface area contributed by atoms with E-state index in [0.717, 1.165) is 24.4 Å². The number of aromatic nitrogens is 2. The van der Waals surface area contributed by atoms with Gasteiger partial charge in [-0.2, -0.15) is 0 Å². The molecule has 19 heavy (non-hydrogen) atoms. The molecule has 0 amide bonds. The van der Waals surface area contributed by atoms with Crippen LogP contribution < -0.4 is 5.32 Å². The predicted octanol–water partition coefficient (Wildman–Crippen LogP) is 1.13. The summed E-state index contributed by atoms with van der Waals surface area (Å²) in [4.78, 5) is 4.42. The number of pyridine rings is 1. The van der Waals surface area contributed by atoms with E-state index in [1.807, 2.05) is 18.5 Å². The molecular weight excluding hydrogens is 242 g/mol. The Hall–Kier alpha value is -1.43. The Balaban J connectivity index is 1.87. The molecule has 0 saturated heterocycles. The van der Waals surface area contributed by atoms with E-state index in [4.69, 9.17) is 4.74 Å². The van der Waals surface area contributed by atoms with E-state index in [1.165, 1.54) is 5.56 Å². The van der Waals surface area contributed by atoms with E-state index in [1.54, 1.807) is 7.11 Å². The van der Waals surface area contributed by atoms with Crippen LogP contribution >= 0.6 is 0 Å². The molecule has 2 rings (SSSR count). The monoisotopic (exact) mass is 263 g/mol. The first-order valence-electron chi connectivity index (χ1n) is 6.51. The summed E-state index contributed by atoms with van der Waals surface area (Å²) < 4.78 is 6.98. The number of nitrogens with one attached hydrogen (secondary N) is 1. The number of hydrogen-bond donors (Lipinski definition) is 2. The van der Waals surface area contributed by atoms with Crippen LogP contribution in [-0.2, 0) is 11.3 Å². The highest BCUT2D eigenvalue weighted by Gasteiger charge is 2.05. The number of ether oxygens (including phenoxy) is 1. The first kappa shape index (κ1) is 14.0. The Labute approximate surface area is 113 Å². The first-order valence-corrected chi connectivity index (χ1v) is 6.51. The summed E-state index contributed by atoms with van der Waals surface area (Å²) in [5.41, 5.74) is 3.29. The third-order valence-corrected chi connectivity index (χ3v) is 3.13. The summed E-state index contributed by atoms with van der Waals surface area (Å²) in [6.45, 7) is 3.94. The molecule has 0 saturated carbocycles. The molecule has 0 aliphatic heterocycles. The summed E-state index contributed by atoms with van der Waals surface area (Å²) >= 11 is 0. The van der Waals surface area contributed by atoms with Gasteiger partial charge in [0.2, 0.25) is 0 Å². The fourth-order valence-corrected chi connectivity index (χ4v) is 2.09. The molecule has 0 spiro atoms. The zero-order valence-corrected chi connectivity index (χ0v) is 11.5. The fourth-order valence-electron chi connectivity index (χ4n) is 2.09. The lowest BCUT2D eigenvalue weighted by molar-refractivity contribution is 0.0594. The highest BCUT2D eigenvalue weighted by atomic mass is 16.5. The number of aliphatic hydroxyl groups excluding tert-OH is 1. The van der Waals surface area contributed by atoms with Crippen molar-refractivity contribution in [2.24, 2.45) is 0 Å². The fraction of sp³-hybridized carbons (Fsp3) is 0.500. The van der Waals surface area contributed by atoms with Gasteiger partial charge < -0.3 is 19.6 Å². The second kappa shape index (κ2) is 6.65. The molecule has 0 fully saturated rings. The molecule has 2 heterocycles. The SMILES string of the molecule is COCC(O)CCNCc1cnc2c(C)cccn12.